The quantitative estimate of drug-likeness (QED) is 0.300. The SMILES string of the molecule is Cc1ccnc(Cn2c(-c3ccc(OCCOCCO)cc3Cl)nc3c(OC4(C)CC4)ncnc32)c1. The van der Waals surface area contributed by atoms with Crippen LogP contribution in [0.3, 0.4) is 0 Å². The molecule has 5 rings (SSSR count). The van der Waals surface area contributed by atoms with Gasteiger partial charge in [-0.05, 0) is 62.6 Å². The Morgan fingerprint density at radius 3 is 2.69 bits per heavy atom. The van der Waals surface area contributed by atoms with E-state index in [4.69, 9.17) is 35.9 Å². The number of nitrogens with zero attached hydrogens (tertiary/aromatic N) is 5. The van der Waals surface area contributed by atoms with Crippen LogP contribution in [-0.4, -0.2) is 61.6 Å². The van der Waals surface area contributed by atoms with Crippen LogP contribution < -0.4 is 9.47 Å². The van der Waals surface area contributed by atoms with E-state index in [1.54, 1.807) is 12.3 Å². The third-order valence-electron chi connectivity index (χ3n) is 6.00. The van der Waals surface area contributed by atoms with Gasteiger partial charge in [0.2, 0.25) is 5.88 Å². The summed E-state index contributed by atoms with van der Waals surface area (Å²) in [5, 5.41) is 9.29. The number of aliphatic hydroxyl groups is 1. The van der Waals surface area contributed by atoms with E-state index in [2.05, 4.69) is 21.9 Å². The molecule has 0 bridgehead atoms. The van der Waals surface area contributed by atoms with Crippen molar-refractivity contribution in [1.82, 2.24) is 24.5 Å². The summed E-state index contributed by atoms with van der Waals surface area (Å²) in [6.45, 7) is 5.55. The van der Waals surface area contributed by atoms with Crippen molar-refractivity contribution in [3.05, 3.63) is 59.1 Å². The van der Waals surface area contributed by atoms with Crippen LogP contribution in [0.15, 0.2) is 42.9 Å². The molecule has 1 fully saturated rings. The Bertz CT molecular complexity index is 1370. The minimum absolute atomic E-state index is 0.0179. The Kier molecular flexibility index (Phi) is 7.04. The smallest absolute Gasteiger partial charge is 0.245 e. The van der Waals surface area contributed by atoms with Gasteiger partial charge in [0.15, 0.2) is 11.2 Å². The maximum Gasteiger partial charge on any atom is 0.245 e. The van der Waals surface area contributed by atoms with Crippen molar-refractivity contribution in [2.75, 3.05) is 26.4 Å². The zero-order valence-corrected chi connectivity index (χ0v) is 21.0. The van der Waals surface area contributed by atoms with Crippen LogP contribution in [0.4, 0.5) is 0 Å². The first-order chi connectivity index (χ1) is 17.5. The van der Waals surface area contributed by atoms with E-state index in [1.165, 1.54) is 6.33 Å². The molecule has 0 saturated heterocycles. The number of halogens is 1. The van der Waals surface area contributed by atoms with E-state index >= 15 is 0 Å². The summed E-state index contributed by atoms with van der Waals surface area (Å²) < 4.78 is 19.2. The molecule has 3 aromatic heterocycles. The number of hydrogen-bond acceptors (Lipinski definition) is 8. The van der Waals surface area contributed by atoms with Crippen molar-refractivity contribution in [3.8, 4) is 23.0 Å². The second-order valence-corrected chi connectivity index (χ2v) is 9.48. The van der Waals surface area contributed by atoms with Gasteiger partial charge in [0.05, 0.1) is 37.1 Å². The van der Waals surface area contributed by atoms with Crippen LogP contribution in [0, 0.1) is 6.92 Å². The number of aryl methyl sites for hydroxylation is 1. The van der Waals surface area contributed by atoms with Gasteiger partial charge in [-0.25, -0.2) is 9.97 Å². The van der Waals surface area contributed by atoms with Crippen LogP contribution >= 0.6 is 11.6 Å². The largest absolute Gasteiger partial charge is 0.491 e. The van der Waals surface area contributed by atoms with Gasteiger partial charge in [-0.1, -0.05) is 11.6 Å². The first kappa shape index (κ1) is 24.4. The van der Waals surface area contributed by atoms with E-state index in [0.717, 1.165) is 29.7 Å². The van der Waals surface area contributed by atoms with Gasteiger partial charge in [0.25, 0.3) is 0 Å². The maximum atomic E-state index is 8.80. The standard InChI is InChI=1S/C26H28ClN5O4/c1-17-5-8-28-18(13-17)15-32-23(20-4-3-19(14-21(20)27)35-12-11-34-10-9-33)31-22-24(32)29-16-30-25(22)36-26(2)6-7-26/h3-5,8,13-14,16,33H,6-7,9-12,15H2,1-2H3. The highest BCUT2D eigenvalue weighted by atomic mass is 35.5. The average Bonchev–Trinajstić information content (AvgIpc) is 3.47. The lowest BCUT2D eigenvalue weighted by atomic mass is 10.2. The number of ether oxygens (including phenoxy) is 3. The van der Waals surface area contributed by atoms with Crippen molar-refractivity contribution in [1.29, 1.82) is 0 Å². The van der Waals surface area contributed by atoms with Crippen molar-refractivity contribution >= 4 is 22.8 Å². The Hall–Kier alpha value is -3.27. The Morgan fingerprint density at radius 2 is 1.94 bits per heavy atom. The molecule has 1 aliphatic carbocycles. The molecular weight excluding hydrogens is 482 g/mol. The molecular formula is C26H28ClN5O4. The van der Waals surface area contributed by atoms with Gasteiger partial charge in [0, 0.05) is 11.8 Å². The summed E-state index contributed by atoms with van der Waals surface area (Å²) in [6, 6.07) is 9.48. The topological polar surface area (TPSA) is 104 Å². The minimum Gasteiger partial charge on any atom is -0.491 e. The van der Waals surface area contributed by atoms with Crippen molar-refractivity contribution < 1.29 is 19.3 Å². The van der Waals surface area contributed by atoms with Crippen LogP contribution in [0.25, 0.3) is 22.6 Å². The number of rotatable bonds is 11. The van der Waals surface area contributed by atoms with Gasteiger partial charge in [-0.3, -0.25) is 4.98 Å². The number of benzene rings is 1. The van der Waals surface area contributed by atoms with E-state index < -0.39 is 0 Å². The highest BCUT2D eigenvalue weighted by Gasteiger charge is 2.41. The van der Waals surface area contributed by atoms with E-state index in [0.29, 0.717) is 53.4 Å². The molecule has 10 heteroatoms. The maximum absolute atomic E-state index is 8.80. The molecule has 9 nitrogen and oxygen atoms in total. The molecule has 0 atom stereocenters. The third kappa shape index (κ3) is 5.43. The number of fused-ring (bicyclic) bond motifs is 1. The van der Waals surface area contributed by atoms with Crippen molar-refractivity contribution in [3.63, 3.8) is 0 Å². The fraction of sp³-hybridized carbons (Fsp3) is 0.385. The molecule has 0 aliphatic heterocycles. The Morgan fingerprint density at radius 1 is 1.08 bits per heavy atom. The molecule has 1 aliphatic rings. The summed E-state index contributed by atoms with van der Waals surface area (Å²) in [5.41, 5.74) is 3.76. The fourth-order valence-electron chi connectivity index (χ4n) is 3.86. The zero-order valence-electron chi connectivity index (χ0n) is 20.3. The van der Waals surface area contributed by atoms with Gasteiger partial charge < -0.3 is 23.9 Å². The Balaban J connectivity index is 1.52. The summed E-state index contributed by atoms with van der Waals surface area (Å²) in [7, 11) is 0. The molecule has 4 aromatic rings. The van der Waals surface area contributed by atoms with E-state index in [-0.39, 0.29) is 18.8 Å². The first-order valence-electron chi connectivity index (χ1n) is 11.9. The monoisotopic (exact) mass is 509 g/mol. The Labute approximate surface area is 214 Å². The molecule has 0 spiro atoms. The second-order valence-electron chi connectivity index (χ2n) is 9.08. The van der Waals surface area contributed by atoms with E-state index in [9.17, 15) is 0 Å². The molecule has 3 heterocycles. The third-order valence-corrected chi connectivity index (χ3v) is 6.31. The predicted octanol–water partition coefficient (Wildman–Crippen LogP) is 4.22. The van der Waals surface area contributed by atoms with Gasteiger partial charge >= 0.3 is 0 Å². The normalized spacial score (nSPS) is 14.2. The lowest BCUT2D eigenvalue weighted by Crippen LogP contribution is -2.13. The first-order valence-corrected chi connectivity index (χ1v) is 12.3. The minimum atomic E-state index is -0.207. The lowest BCUT2D eigenvalue weighted by Gasteiger charge is -2.12. The van der Waals surface area contributed by atoms with Crippen LogP contribution in [0.5, 0.6) is 11.6 Å². The fourth-order valence-corrected chi connectivity index (χ4v) is 4.11. The molecule has 0 unspecified atom stereocenters. The zero-order chi connectivity index (χ0) is 25.1. The molecule has 1 N–H and O–H groups in total. The van der Waals surface area contributed by atoms with Gasteiger partial charge in [-0.15, -0.1) is 0 Å². The van der Waals surface area contributed by atoms with Crippen LogP contribution in [0.2, 0.25) is 5.02 Å². The van der Waals surface area contributed by atoms with Gasteiger partial charge in [0.1, 0.15) is 30.1 Å². The molecule has 1 aromatic carbocycles. The number of pyridine rings is 1. The number of aromatic nitrogens is 5. The predicted molar refractivity (Wildman–Crippen MR) is 136 cm³/mol. The highest BCUT2D eigenvalue weighted by molar-refractivity contribution is 6.33. The van der Waals surface area contributed by atoms with Gasteiger partial charge in [-0.2, -0.15) is 4.98 Å². The number of hydrogen-bond donors (Lipinski definition) is 1. The number of imidazole rings is 1. The lowest BCUT2D eigenvalue weighted by molar-refractivity contribution is 0.0705. The van der Waals surface area contributed by atoms with E-state index in [1.807, 2.05) is 35.8 Å². The molecule has 0 amide bonds. The summed E-state index contributed by atoms with van der Waals surface area (Å²) in [4.78, 5) is 18.4. The highest BCUT2D eigenvalue weighted by Crippen LogP contribution is 2.41. The number of aliphatic hydroxyl groups excluding tert-OH is 1. The summed E-state index contributed by atoms with van der Waals surface area (Å²) in [6.07, 6.45) is 5.27. The molecule has 188 valence electrons. The summed E-state index contributed by atoms with van der Waals surface area (Å²) in [5.74, 6) is 1.73. The summed E-state index contributed by atoms with van der Waals surface area (Å²) >= 11 is 6.73. The van der Waals surface area contributed by atoms with Crippen LogP contribution in [-0.2, 0) is 11.3 Å². The average molecular weight is 510 g/mol. The van der Waals surface area contributed by atoms with Crippen molar-refractivity contribution in [2.45, 2.75) is 38.8 Å². The van der Waals surface area contributed by atoms with Crippen molar-refractivity contribution in [2.24, 2.45) is 0 Å². The molecule has 36 heavy (non-hydrogen) atoms. The second kappa shape index (κ2) is 10.4. The molecule has 0 radical (unpaired) electrons. The van der Waals surface area contributed by atoms with Crippen LogP contribution in [0.1, 0.15) is 31.0 Å². The molecule has 1 saturated carbocycles.